The van der Waals surface area contributed by atoms with E-state index in [4.69, 9.17) is 10.8 Å². The summed E-state index contributed by atoms with van der Waals surface area (Å²) < 4.78 is 2.47. The van der Waals surface area contributed by atoms with Crippen molar-refractivity contribution in [3.05, 3.63) is 29.0 Å². The molecule has 6 heteroatoms. The number of aromatic nitrogens is 2. The van der Waals surface area contributed by atoms with Crippen LogP contribution in [-0.2, 0) is 12.8 Å². The molecule has 0 fully saturated rings. The highest BCUT2D eigenvalue weighted by molar-refractivity contribution is 6.82. The lowest BCUT2D eigenvalue weighted by Crippen LogP contribution is -2.52. The first-order chi connectivity index (χ1) is 15.1. The zero-order valence-electron chi connectivity index (χ0n) is 21.5. The van der Waals surface area contributed by atoms with E-state index >= 15 is 0 Å². The van der Waals surface area contributed by atoms with Crippen molar-refractivity contribution in [1.29, 1.82) is 0 Å². The summed E-state index contributed by atoms with van der Waals surface area (Å²) in [6, 6.07) is 4.47. The highest BCUT2D eigenvalue weighted by Gasteiger charge is 2.48. The minimum atomic E-state index is -2.01. The zero-order chi connectivity index (χ0) is 23.8. The lowest BCUT2D eigenvalue weighted by atomic mass is 9.86. The van der Waals surface area contributed by atoms with Crippen LogP contribution in [-0.4, -0.2) is 47.6 Å². The average Bonchev–Trinajstić information content (AvgIpc) is 3.07. The predicted octanol–water partition coefficient (Wildman–Crippen LogP) is 5.75. The summed E-state index contributed by atoms with van der Waals surface area (Å²) >= 11 is 0. The topological polar surface area (TPSA) is 64.2 Å². The number of primary amides is 1. The van der Waals surface area contributed by atoms with E-state index in [0.29, 0.717) is 28.2 Å². The van der Waals surface area contributed by atoms with Gasteiger partial charge in [-0.2, -0.15) is 5.10 Å². The van der Waals surface area contributed by atoms with E-state index in [0.717, 1.165) is 44.3 Å². The first-order valence-corrected chi connectivity index (χ1v) is 14.9. The summed E-state index contributed by atoms with van der Waals surface area (Å²) in [7, 11) is -2.01. The molecular formula is C26H44N4OSi. The van der Waals surface area contributed by atoms with E-state index < -0.39 is 8.24 Å². The molecule has 1 aromatic heterocycles. The van der Waals surface area contributed by atoms with E-state index in [1.165, 1.54) is 16.6 Å². The molecule has 1 unspecified atom stereocenters. The molecule has 32 heavy (non-hydrogen) atoms. The molecular weight excluding hydrogens is 412 g/mol. The largest absolute Gasteiger partial charge is 0.366 e. The molecule has 1 amide bonds. The fourth-order valence-electron chi connectivity index (χ4n) is 6.81. The Morgan fingerprint density at radius 3 is 2.09 bits per heavy atom. The smallest absolute Gasteiger partial charge is 0.249 e. The molecule has 1 heterocycles. The maximum atomic E-state index is 12.4. The normalized spacial score (nSPS) is 16.8. The fourth-order valence-corrected chi connectivity index (χ4v) is 13.2. The summed E-state index contributed by atoms with van der Waals surface area (Å²) in [4.78, 5) is 15.0. The second kappa shape index (κ2) is 9.68. The number of carbonyl (C=O) groups is 1. The van der Waals surface area contributed by atoms with Crippen molar-refractivity contribution >= 4 is 25.0 Å². The van der Waals surface area contributed by atoms with Gasteiger partial charge >= 0.3 is 0 Å². The van der Waals surface area contributed by atoms with Gasteiger partial charge < -0.3 is 5.73 Å². The summed E-state index contributed by atoms with van der Waals surface area (Å²) in [6.45, 7) is 20.9. The molecule has 1 aliphatic carbocycles. The Kier molecular flexibility index (Phi) is 7.55. The van der Waals surface area contributed by atoms with Gasteiger partial charge in [-0.1, -0.05) is 55.4 Å². The molecule has 1 aromatic carbocycles. The third-order valence-electron chi connectivity index (χ3n) is 7.84. The van der Waals surface area contributed by atoms with Gasteiger partial charge in [-0.3, -0.25) is 14.0 Å². The van der Waals surface area contributed by atoms with E-state index in [-0.39, 0.29) is 5.91 Å². The molecule has 2 aromatic rings. The SMILES string of the molecule is CCCN(CCC)C1Cc2nn([Si](C(C)C)(C(C)C)C(C)C)c3ccc(C(N)=O)c(c23)C1. The van der Waals surface area contributed by atoms with Gasteiger partial charge in [-0.05, 0) is 66.7 Å². The van der Waals surface area contributed by atoms with Crippen LogP contribution in [0.5, 0.6) is 0 Å². The van der Waals surface area contributed by atoms with Crippen molar-refractivity contribution in [2.45, 2.75) is 104 Å². The van der Waals surface area contributed by atoms with Crippen LogP contribution in [0.15, 0.2) is 12.1 Å². The van der Waals surface area contributed by atoms with E-state index in [9.17, 15) is 4.79 Å². The molecule has 3 rings (SSSR count). The van der Waals surface area contributed by atoms with Crippen LogP contribution in [0.4, 0.5) is 0 Å². The van der Waals surface area contributed by atoms with Crippen LogP contribution in [0.2, 0.25) is 16.6 Å². The van der Waals surface area contributed by atoms with Gasteiger partial charge in [0.05, 0.1) is 11.2 Å². The van der Waals surface area contributed by atoms with Gasteiger partial charge in [0.25, 0.3) is 0 Å². The van der Waals surface area contributed by atoms with Gasteiger partial charge in [0, 0.05) is 23.4 Å². The minimum Gasteiger partial charge on any atom is -0.366 e. The number of rotatable bonds is 10. The number of benzene rings is 1. The third-order valence-corrected chi connectivity index (χ3v) is 14.5. The Morgan fingerprint density at radius 1 is 1.06 bits per heavy atom. The Balaban J connectivity index is 2.28. The number of carbonyl (C=O) groups excluding carboxylic acids is 1. The third kappa shape index (κ3) is 3.94. The predicted molar refractivity (Wildman–Crippen MR) is 138 cm³/mol. The highest BCUT2D eigenvalue weighted by Crippen LogP contribution is 2.45. The van der Waals surface area contributed by atoms with E-state index in [1.54, 1.807) is 0 Å². The lowest BCUT2D eigenvalue weighted by Gasteiger charge is -2.43. The molecule has 1 aliphatic rings. The molecule has 2 N–H and O–H groups in total. The summed E-state index contributed by atoms with van der Waals surface area (Å²) in [5, 5.41) is 6.62. The molecule has 0 saturated heterocycles. The number of nitrogens with two attached hydrogens (primary N) is 1. The average molecular weight is 457 g/mol. The van der Waals surface area contributed by atoms with Crippen molar-refractivity contribution in [3.63, 3.8) is 0 Å². The van der Waals surface area contributed by atoms with Crippen molar-refractivity contribution < 1.29 is 4.79 Å². The van der Waals surface area contributed by atoms with Crippen molar-refractivity contribution in [1.82, 2.24) is 14.3 Å². The maximum Gasteiger partial charge on any atom is 0.249 e. The van der Waals surface area contributed by atoms with Crippen LogP contribution >= 0.6 is 0 Å². The van der Waals surface area contributed by atoms with Gasteiger partial charge in [-0.25, -0.2) is 0 Å². The molecule has 178 valence electrons. The minimum absolute atomic E-state index is 0.320. The Hall–Kier alpha value is -1.66. The standard InChI is InChI=1S/C26H44N4OSi/c1-9-13-29(14-10-2)20-15-22-21(26(27)31)11-12-24-25(22)23(16-20)28-30(24)32(17(3)4,18(5)6)19(7)8/h11-12,17-20H,9-10,13-16H2,1-8H3,(H2,27,31). The van der Waals surface area contributed by atoms with Crippen molar-refractivity contribution in [2.24, 2.45) is 5.73 Å². The number of amides is 1. The maximum absolute atomic E-state index is 12.4. The van der Waals surface area contributed by atoms with Crippen LogP contribution in [0.3, 0.4) is 0 Å². The number of hydrogen-bond acceptors (Lipinski definition) is 3. The molecule has 0 aliphatic heterocycles. The molecule has 0 spiro atoms. The first kappa shape index (κ1) is 25.0. The van der Waals surface area contributed by atoms with Gasteiger partial charge in [0.15, 0.2) is 8.24 Å². The molecule has 0 bridgehead atoms. The summed E-state index contributed by atoms with van der Waals surface area (Å²) in [5.41, 5.74) is 11.7. The molecule has 0 radical (unpaired) electrons. The number of nitrogens with zero attached hydrogens (tertiary/aromatic N) is 3. The summed E-state index contributed by atoms with van der Waals surface area (Å²) in [5.74, 6) is -0.320. The highest BCUT2D eigenvalue weighted by atomic mass is 28.3. The van der Waals surface area contributed by atoms with E-state index in [1.807, 2.05) is 6.07 Å². The van der Waals surface area contributed by atoms with Gasteiger partial charge in [0.2, 0.25) is 5.91 Å². The Bertz CT molecular complexity index is 935. The summed E-state index contributed by atoms with van der Waals surface area (Å²) in [6.07, 6.45) is 4.11. The van der Waals surface area contributed by atoms with Crippen LogP contribution in [0.1, 0.15) is 89.8 Å². The van der Waals surface area contributed by atoms with E-state index in [2.05, 4.69) is 70.7 Å². The molecule has 1 atom stereocenters. The monoisotopic (exact) mass is 456 g/mol. The quantitative estimate of drug-likeness (QED) is 0.463. The van der Waals surface area contributed by atoms with Gasteiger partial charge in [0.1, 0.15) is 0 Å². The second-order valence-electron chi connectivity index (χ2n) is 10.7. The van der Waals surface area contributed by atoms with Gasteiger partial charge in [-0.15, -0.1) is 0 Å². The van der Waals surface area contributed by atoms with Crippen LogP contribution < -0.4 is 5.73 Å². The first-order valence-electron chi connectivity index (χ1n) is 12.7. The van der Waals surface area contributed by atoms with Crippen molar-refractivity contribution in [2.75, 3.05) is 13.1 Å². The Labute approximate surface area is 195 Å². The second-order valence-corrected chi connectivity index (χ2v) is 16.3. The fraction of sp³-hybridized carbons (Fsp3) is 0.692. The van der Waals surface area contributed by atoms with Crippen molar-refractivity contribution in [3.8, 4) is 0 Å². The number of hydrogen-bond donors (Lipinski definition) is 1. The molecule has 5 nitrogen and oxygen atoms in total. The zero-order valence-corrected chi connectivity index (χ0v) is 22.5. The molecule has 0 saturated carbocycles. The van der Waals surface area contributed by atoms with Crippen LogP contribution in [0, 0.1) is 0 Å². The lowest BCUT2D eigenvalue weighted by molar-refractivity contribution is 0.0998. The Morgan fingerprint density at radius 2 is 1.62 bits per heavy atom. The van der Waals surface area contributed by atoms with Crippen LogP contribution in [0.25, 0.3) is 10.9 Å².